The van der Waals surface area contributed by atoms with Gasteiger partial charge in [0.05, 0.1) is 0 Å². The molecule has 0 radical (unpaired) electrons. The van der Waals surface area contributed by atoms with Crippen LogP contribution in [-0.4, -0.2) is 19.4 Å². The molecule has 0 spiro atoms. The lowest BCUT2D eigenvalue weighted by molar-refractivity contribution is 0.103. The molecule has 0 bridgehead atoms. The Kier molecular flexibility index (Phi) is 3.71. The number of anilines is 1. The molecular weight excluding hydrogens is 330 g/mol. The summed E-state index contributed by atoms with van der Waals surface area (Å²) in [7, 11) is 2.16. The minimum Gasteiger partial charge on any atom is -0.374 e. The van der Waals surface area contributed by atoms with Gasteiger partial charge in [-0.15, -0.1) is 0 Å². The zero-order valence-electron chi connectivity index (χ0n) is 15.4. The summed E-state index contributed by atoms with van der Waals surface area (Å²) < 4.78 is 0. The van der Waals surface area contributed by atoms with Gasteiger partial charge in [0.25, 0.3) is 0 Å². The highest BCUT2D eigenvalue weighted by atomic mass is 16.1. The van der Waals surface area contributed by atoms with Crippen LogP contribution < -0.4 is 4.90 Å². The van der Waals surface area contributed by atoms with E-state index in [0.717, 1.165) is 40.8 Å². The normalized spacial score (nSPS) is 15.1. The van der Waals surface area contributed by atoms with E-state index in [1.165, 1.54) is 23.2 Å². The van der Waals surface area contributed by atoms with E-state index in [1.807, 2.05) is 36.4 Å². The summed E-state index contributed by atoms with van der Waals surface area (Å²) >= 11 is 0. The minimum atomic E-state index is 0.116. The number of carbonyl (C=O) groups is 1. The zero-order valence-corrected chi connectivity index (χ0v) is 15.4. The van der Waals surface area contributed by atoms with Crippen molar-refractivity contribution in [3.63, 3.8) is 0 Å². The second-order valence-electron chi connectivity index (χ2n) is 7.39. The summed E-state index contributed by atoms with van der Waals surface area (Å²) in [6, 6.07) is 22.6. The fourth-order valence-electron chi connectivity index (χ4n) is 4.34. The van der Waals surface area contributed by atoms with Crippen molar-refractivity contribution in [2.24, 2.45) is 0 Å². The van der Waals surface area contributed by atoms with Gasteiger partial charge in [-0.1, -0.05) is 54.6 Å². The van der Waals surface area contributed by atoms with Crippen molar-refractivity contribution >= 4 is 23.1 Å². The molecule has 1 aliphatic carbocycles. The summed E-state index contributed by atoms with van der Waals surface area (Å²) in [5.74, 6) is 0.116. The van der Waals surface area contributed by atoms with Gasteiger partial charge in [-0.05, 0) is 58.9 Å². The van der Waals surface area contributed by atoms with Gasteiger partial charge in [-0.25, -0.2) is 0 Å². The maximum atomic E-state index is 12.9. The Hall–Kier alpha value is -3.13. The number of hydrogen-bond donors (Lipinski definition) is 0. The average molecular weight is 351 g/mol. The van der Waals surface area contributed by atoms with Crippen molar-refractivity contribution in [3.8, 4) is 0 Å². The predicted molar refractivity (Wildman–Crippen MR) is 111 cm³/mol. The first-order chi connectivity index (χ1) is 13.2. The van der Waals surface area contributed by atoms with Crippen LogP contribution in [0.3, 0.4) is 0 Å². The molecule has 2 nitrogen and oxygen atoms in total. The molecule has 1 aliphatic heterocycles. The molecule has 0 N–H and O–H groups in total. The van der Waals surface area contributed by atoms with E-state index in [-0.39, 0.29) is 5.78 Å². The summed E-state index contributed by atoms with van der Waals surface area (Å²) in [5, 5.41) is 0. The van der Waals surface area contributed by atoms with Crippen LogP contribution in [0.15, 0.2) is 66.7 Å². The van der Waals surface area contributed by atoms with Crippen LogP contribution in [0.4, 0.5) is 5.69 Å². The Balaban J connectivity index is 1.69. The average Bonchev–Trinajstić information content (AvgIpc) is 2.71. The fraction of sp³-hybridized carbons (Fsp3) is 0.160. The van der Waals surface area contributed by atoms with Crippen molar-refractivity contribution in [1.82, 2.24) is 0 Å². The maximum Gasteiger partial charge on any atom is 0.194 e. The van der Waals surface area contributed by atoms with E-state index >= 15 is 0 Å². The SMILES string of the molecule is CN1CCCc2cc(C=C3c4ccccc4C(=O)c4ccccc43)ccc21. The molecule has 0 saturated heterocycles. The van der Waals surface area contributed by atoms with Gasteiger partial charge >= 0.3 is 0 Å². The largest absolute Gasteiger partial charge is 0.374 e. The van der Waals surface area contributed by atoms with Crippen molar-refractivity contribution < 1.29 is 4.79 Å². The van der Waals surface area contributed by atoms with Crippen molar-refractivity contribution in [1.29, 1.82) is 0 Å². The molecule has 27 heavy (non-hydrogen) atoms. The first-order valence-electron chi connectivity index (χ1n) is 9.51. The molecule has 2 heteroatoms. The molecular formula is C25H21NO. The van der Waals surface area contributed by atoms with Gasteiger partial charge in [0.1, 0.15) is 0 Å². The molecule has 132 valence electrons. The topological polar surface area (TPSA) is 20.3 Å². The molecule has 1 heterocycles. The third-order valence-electron chi connectivity index (χ3n) is 5.69. The van der Waals surface area contributed by atoms with E-state index in [2.05, 4.69) is 48.4 Å². The molecule has 2 aliphatic rings. The number of rotatable bonds is 1. The summed E-state index contributed by atoms with van der Waals surface area (Å²) in [4.78, 5) is 15.2. The lowest BCUT2D eigenvalue weighted by Gasteiger charge is -2.28. The van der Waals surface area contributed by atoms with E-state index in [1.54, 1.807) is 0 Å². The summed E-state index contributed by atoms with van der Waals surface area (Å²) in [5.41, 5.74) is 8.70. The number of ketones is 1. The van der Waals surface area contributed by atoms with Crippen LogP contribution >= 0.6 is 0 Å². The van der Waals surface area contributed by atoms with Gasteiger partial charge in [0, 0.05) is 30.4 Å². The van der Waals surface area contributed by atoms with Crippen LogP contribution in [0.25, 0.3) is 11.6 Å². The van der Waals surface area contributed by atoms with Crippen LogP contribution in [-0.2, 0) is 6.42 Å². The van der Waals surface area contributed by atoms with Crippen molar-refractivity contribution in [3.05, 3.63) is 100 Å². The smallest absolute Gasteiger partial charge is 0.194 e. The van der Waals surface area contributed by atoms with Crippen LogP contribution in [0.2, 0.25) is 0 Å². The first kappa shape index (κ1) is 16.1. The lowest BCUT2D eigenvalue weighted by Crippen LogP contribution is -2.24. The van der Waals surface area contributed by atoms with Crippen LogP contribution in [0.5, 0.6) is 0 Å². The molecule has 3 aromatic carbocycles. The molecule has 3 aromatic rings. The maximum absolute atomic E-state index is 12.9. The van der Waals surface area contributed by atoms with Crippen LogP contribution in [0, 0.1) is 0 Å². The number of nitrogens with zero attached hydrogens (tertiary/aromatic N) is 1. The van der Waals surface area contributed by atoms with E-state index < -0.39 is 0 Å². The third-order valence-corrected chi connectivity index (χ3v) is 5.69. The Bertz CT molecular complexity index is 1040. The van der Waals surface area contributed by atoms with E-state index in [0.29, 0.717) is 0 Å². The molecule has 0 fully saturated rings. The van der Waals surface area contributed by atoms with E-state index in [4.69, 9.17) is 0 Å². The van der Waals surface area contributed by atoms with Gasteiger partial charge in [0.2, 0.25) is 0 Å². The van der Waals surface area contributed by atoms with Crippen LogP contribution in [0.1, 0.15) is 44.6 Å². The Morgan fingerprint density at radius 3 is 2.15 bits per heavy atom. The third kappa shape index (κ3) is 2.60. The lowest BCUT2D eigenvalue weighted by atomic mass is 9.80. The number of carbonyl (C=O) groups excluding carboxylic acids is 1. The van der Waals surface area contributed by atoms with E-state index in [9.17, 15) is 4.79 Å². The second kappa shape index (κ2) is 6.24. The summed E-state index contributed by atoms with van der Waals surface area (Å²) in [6.45, 7) is 1.12. The fourth-order valence-corrected chi connectivity index (χ4v) is 4.34. The Labute approximate surface area is 159 Å². The molecule has 0 unspecified atom stereocenters. The molecule has 0 atom stereocenters. The molecule has 0 aromatic heterocycles. The first-order valence-corrected chi connectivity index (χ1v) is 9.51. The Morgan fingerprint density at radius 2 is 1.48 bits per heavy atom. The second-order valence-corrected chi connectivity index (χ2v) is 7.39. The minimum absolute atomic E-state index is 0.116. The van der Waals surface area contributed by atoms with Gasteiger partial charge < -0.3 is 4.90 Å². The predicted octanol–water partition coefficient (Wildman–Crippen LogP) is 5.20. The van der Waals surface area contributed by atoms with Crippen molar-refractivity contribution in [2.45, 2.75) is 12.8 Å². The standard InChI is InChI=1S/C25H21NO/c1-26-14-6-7-18-15-17(12-13-24(18)26)16-23-19-8-2-4-10-21(19)25(27)22-11-5-3-9-20(22)23/h2-5,8-13,15-16H,6-7,14H2,1H3. The molecule has 0 saturated carbocycles. The monoisotopic (exact) mass is 351 g/mol. The molecule has 0 amide bonds. The van der Waals surface area contributed by atoms with Gasteiger partial charge in [0.15, 0.2) is 5.78 Å². The quantitative estimate of drug-likeness (QED) is 0.470. The highest BCUT2D eigenvalue weighted by Crippen LogP contribution is 2.37. The highest BCUT2D eigenvalue weighted by molar-refractivity contribution is 6.20. The number of aryl methyl sites for hydroxylation is 1. The zero-order chi connectivity index (χ0) is 18.4. The summed E-state index contributed by atoms with van der Waals surface area (Å²) in [6.07, 6.45) is 4.56. The van der Waals surface area contributed by atoms with Gasteiger partial charge in [-0.2, -0.15) is 0 Å². The van der Waals surface area contributed by atoms with Gasteiger partial charge in [-0.3, -0.25) is 4.79 Å². The van der Waals surface area contributed by atoms with Crippen molar-refractivity contribution in [2.75, 3.05) is 18.5 Å². The highest BCUT2D eigenvalue weighted by Gasteiger charge is 2.26. The number of benzene rings is 3. The Morgan fingerprint density at radius 1 is 0.852 bits per heavy atom. The molecule has 5 rings (SSSR count). The number of fused-ring (bicyclic) bond motifs is 3. The number of hydrogen-bond acceptors (Lipinski definition) is 2.